The molecule has 3 rings (SSSR count). The van der Waals surface area contributed by atoms with Crippen LogP contribution in [0, 0.1) is 11.8 Å². The fourth-order valence-corrected chi connectivity index (χ4v) is 3.58. The van der Waals surface area contributed by atoms with Crippen LogP contribution in [-0.4, -0.2) is 29.6 Å². The zero-order valence-corrected chi connectivity index (χ0v) is 11.8. The molecule has 4 nitrogen and oxygen atoms in total. The van der Waals surface area contributed by atoms with Gasteiger partial charge in [0.2, 0.25) is 0 Å². The van der Waals surface area contributed by atoms with Crippen LogP contribution in [0.15, 0.2) is 12.4 Å². The second-order valence-electron chi connectivity index (χ2n) is 5.83. The molecule has 1 aromatic heterocycles. The lowest BCUT2D eigenvalue weighted by atomic mass is 9.75. The number of aromatic nitrogens is 2. The van der Waals surface area contributed by atoms with Crippen LogP contribution in [0.25, 0.3) is 0 Å². The van der Waals surface area contributed by atoms with Gasteiger partial charge in [-0.25, -0.2) is 4.98 Å². The summed E-state index contributed by atoms with van der Waals surface area (Å²) >= 11 is 0. The molecule has 104 valence electrons. The number of anilines is 2. The van der Waals surface area contributed by atoms with E-state index in [1.807, 2.05) is 6.20 Å². The summed E-state index contributed by atoms with van der Waals surface area (Å²) in [6.07, 6.45) is 10.8. The number of piperidine rings is 1. The summed E-state index contributed by atoms with van der Waals surface area (Å²) in [5.41, 5.74) is 0. The predicted octanol–water partition coefficient (Wildman–Crippen LogP) is 2.92. The third-order valence-corrected chi connectivity index (χ3v) is 4.59. The van der Waals surface area contributed by atoms with E-state index in [1.54, 1.807) is 6.20 Å². The van der Waals surface area contributed by atoms with Crippen molar-refractivity contribution in [2.45, 2.75) is 39.0 Å². The van der Waals surface area contributed by atoms with Crippen LogP contribution in [0.2, 0.25) is 0 Å². The SMILES string of the molecule is CCNc1cncc(N2CCC3CCCCC3C2)n1. The summed E-state index contributed by atoms with van der Waals surface area (Å²) in [5, 5.41) is 3.24. The van der Waals surface area contributed by atoms with Crippen LogP contribution in [0.3, 0.4) is 0 Å². The molecule has 1 aromatic rings. The van der Waals surface area contributed by atoms with E-state index in [1.165, 1.54) is 38.6 Å². The van der Waals surface area contributed by atoms with Gasteiger partial charge in [-0.15, -0.1) is 0 Å². The summed E-state index contributed by atoms with van der Waals surface area (Å²) in [4.78, 5) is 11.4. The molecular formula is C15H24N4. The maximum absolute atomic E-state index is 4.68. The van der Waals surface area contributed by atoms with Gasteiger partial charge in [0.05, 0.1) is 12.4 Å². The first-order chi connectivity index (χ1) is 9.36. The van der Waals surface area contributed by atoms with E-state index < -0.39 is 0 Å². The second-order valence-corrected chi connectivity index (χ2v) is 5.83. The quantitative estimate of drug-likeness (QED) is 0.907. The van der Waals surface area contributed by atoms with E-state index >= 15 is 0 Å². The molecule has 0 bridgehead atoms. The highest BCUT2D eigenvalue weighted by molar-refractivity contribution is 5.44. The molecule has 2 atom stereocenters. The van der Waals surface area contributed by atoms with Gasteiger partial charge in [-0.3, -0.25) is 4.98 Å². The van der Waals surface area contributed by atoms with Crippen molar-refractivity contribution in [3.63, 3.8) is 0 Å². The molecule has 2 fully saturated rings. The van der Waals surface area contributed by atoms with Crippen molar-refractivity contribution in [2.24, 2.45) is 11.8 Å². The molecule has 0 amide bonds. The highest BCUT2D eigenvalue weighted by Gasteiger charge is 2.31. The lowest BCUT2D eigenvalue weighted by Gasteiger charge is -2.41. The third-order valence-electron chi connectivity index (χ3n) is 4.59. The average molecular weight is 260 g/mol. The number of nitrogens with zero attached hydrogens (tertiary/aromatic N) is 3. The monoisotopic (exact) mass is 260 g/mol. The van der Waals surface area contributed by atoms with Crippen molar-refractivity contribution in [1.29, 1.82) is 0 Å². The first kappa shape index (κ1) is 12.7. The fourth-order valence-electron chi connectivity index (χ4n) is 3.58. The molecular weight excluding hydrogens is 236 g/mol. The normalized spacial score (nSPS) is 26.9. The largest absolute Gasteiger partial charge is 0.369 e. The molecule has 2 aliphatic rings. The first-order valence-corrected chi connectivity index (χ1v) is 7.67. The van der Waals surface area contributed by atoms with Crippen molar-refractivity contribution in [1.82, 2.24) is 9.97 Å². The van der Waals surface area contributed by atoms with Crippen molar-refractivity contribution in [3.8, 4) is 0 Å². The summed E-state index contributed by atoms with van der Waals surface area (Å²) in [6.45, 7) is 5.30. The average Bonchev–Trinajstić information content (AvgIpc) is 2.47. The van der Waals surface area contributed by atoms with Crippen LogP contribution >= 0.6 is 0 Å². The summed E-state index contributed by atoms with van der Waals surface area (Å²) < 4.78 is 0. The van der Waals surface area contributed by atoms with Crippen molar-refractivity contribution >= 4 is 11.6 Å². The predicted molar refractivity (Wildman–Crippen MR) is 78.5 cm³/mol. The Kier molecular flexibility index (Phi) is 3.85. The minimum atomic E-state index is 0.882. The Hall–Kier alpha value is -1.32. The van der Waals surface area contributed by atoms with Crippen LogP contribution in [-0.2, 0) is 0 Å². The Balaban J connectivity index is 1.70. The fraction of sp³-hybridized carbons (Fsp3) is 0.733. The Morgan fingerprint density at radius 2 is 2.05 bits per heavy atom. The van der Waals surface area contributed by atoms with Gasteiger partial charge in [-0.2, -0.15) is 0 Å². The standard InChI is InChI=1S/C15H24N4/c1-2-17-14-9-16-10-15(18-14)19-8-7-12-5-3-4-6-13(12)11-19/h9-10,12-13H,2-8,11H2,1H3,(H,17,18). The minimum absolute atomic E-state index is 0.882. The molecule has 4 heteroatoms. The van der Waals surface area contributed by atoms with Gasteiger partial charge < -0.3 is 10.2 Å². The molecule has 1 saturated heterocycles. The molecule has 2 heterocycles. The van der Waals surface area contributed by atoms with Crippen LogP contribution in [0.1, 0.15) is 39.0 Å². The summed E-state index contributed by atoms with van der Waals surface area (Å²) in [5.74, 6) is 3.79. The molecule has 1 aliphatic heterocycles. The summed E-state index contributed by atoms with van der Waals surface area (Å²) in [7, 11) is 0. The molecule has 1 saturated carbocycles. The number of hydrogen-bond donors (Lipinski definition) is 1. The lowest BCUT2D eigenvalue weighted by Crippen LogP contribution is -2.42. The van der Waals surface area contributed by atoms with Crippen LogP contribution in [0.5, 0.6) is 0 Å². The maximum Gasteiger partial charge on any atom is 0.149 e. The van der Waals surface area contributed by atoms with E-state index in [0.29, 0.717) is 0 Å². The topological polar surface area (TPSA) is 41.1 Å². The van der Waals surface area contributed by atoms with Crippen molar-refractivity contribution in [2.75, 3.05) is 29.9 Å². The maximum atomic E-state index is 4.68. The smallest absolute Gasteiger partial charge is 0.149 e. The van der Waals surface area contributed by atoms with E-state index in [-0.39, 0.29) is 0 Å². The van der Waals surface area contributed by atoms with E-state index in [2.05, 4.69) is 27.1 Å². The van der Waals surface area contributed by atoms with Gasteiger partial charge in [0.1, 0.15) is 11.6 Å². The van der Waals surface area contributed by atoms with Crippen LogP contribution in [0.4, 0.5) is 11.6 Å². The Bertz CT molecular complexity index is 420. The summed E-state index contributed by atoms with van der Waals surface area (Å²) in [6, 6.07) is 0. The third kappa shape index (κ3) is 2.82. The number of nitrogens with one attached hydrogen (secondary N) is 1. The Morgan fingerprint density at radius 1 is 1.21 bits per heavy atom. The molecule has 2 unspecified atom stereocenters. The van der Waals surface area contributed by atoms with Crippen molar-refractivity contribution < 1.29 is 0 Å². The van der Waals surface area contributed by atoms with Crippen molar-refractivity contribution in [3.05, 3.63) is 12.4 Å². The zero-order valence-electron chi connectivity index (χ0n) is 11.8. The minimum Gasteiger partial charge on any atom is -0.369 e. The molecule has 1 aliphatic carbocycles. The first-order valence-electron chi connectivity index (χ1n) is 7.67. The molecule has 0 radical (unpaired) electrons. The van der Waals surface area contributed by atoms with Gasteiger partial charge in [-0.05, 0) is 31.6 Å². The molecule has 0 aromatic carbocycles. The van der Waals surface area contributed by atoms with Gasteiger partial charge in [-0.1, -0.05) is 19.3 Å². The van der Waals surface area contributed by atoms with E-state index in [0.717, 1.165) is 36.6 Å². The van der Waals surface area contributed by atoms with E-state index in [9.17, 15) is 0 Å². The number of rotatable bonds is 3. The number of hydrogen-bond acceptors (Lipinski definition) is 4. The lowest BCUT2D eigenvalue weighted by molar-refractivity contribution is 0.202. The highest BCUT2D eigenvalue weighted by Crippen LogP contribution is 2.37. The highest BCUT2D eigenvalue weighted by atomic mass is 15.2. The van der Waals surface area contributed by atoms with E-state index in [4.69, 9.17) is 0 Å². The Labute approximate surface area is 115 Å². The number of fused-ring (bicyclic) bond motifs is 1. The molecule has 0 spiro atoms. The van der Waals surface area contributed by atoms with Crippen LogP contribution < -0.4 is 10.2 Å². The second kappa shape index (κ2) is 5.76. The molecule has 1 N–H and O–H groups in total. The van der Waals surface area contributed by atoms with Gasteiger partial charge >= 0.3 is 0 Å². The Morgan fingerprint density at radius 3 is 2.89 bits per heavy atom. The van der Waals surface area contributed by atoms with Gasteiger partial charge in [0.15, 0.2) is 0 Å². The van der Waals surface area contributed by atoms with Gasteiger partial charge in [0, 0.05) is 19.6 Å². The van der Waals surface area contributed by atoms with Gasteiger partial charge in [0.25, 0.3) is 0 Å². The molecule has 19 heavy (non-hydrogen) atoms. The zero-order chi connectivity index (χ0) is 13.1.